The molecule has 1 aliphatic rings. The van der Waals surface area contributed by atoms with Crippen molar-refractivity contribution in [2.75, 3.05) is 9.80 Å². The van der Waals surface area contributed by atoms with Gasteiger partial charge < -0.3 is 19.1 Å². The first kappa shape index (κ1) is 38.0. The SMILES string of the molecule is CC(C)(C)c1ccc(N2C=CN(c3[c-]c(Oc4[c-]c5c(cc4)c4ccccc4n5-c4cc(C(C)(C)c5ccccc5)ccn4)cc(-c4ccccc4)c3)[CH-]2)cc1.[Pt]. The number of benzene rings is 6. The number of ether oxygens (including phenoxy) is 1. The van der Waals surface area contributed by atoms with Gasteiger partial charge in [0.25, 0.3) is 0 Å². The molecule has 0 saturated carbocycles. The third-order valence-corrected chi connectivity index (χ3v) is 10.9. The molecular formula is C51H43N4OPt-3. The quantitative estimate of drug-likeness (QED) is 0.142. The van der Waals surface area contributed by atoms with Crippen LogP contribution in [0.15, 0.2) is 164 Å². The maximum absolute atomic E-state index is 6.70. The van der Waals surface area contributed by atoms with E-state index in [2.05, 4.69) is 208 Å². The topological polar surface area (TPSA) is 33.5 Å². The molecule has 1 aliphatic heterocycles. The monoisotopic (exact) mass is 922 g/mol. The molecule has 0 aliphatic carbocycles. The predicted molar refractivity (Wildman–Crippen MR) is 230 cm³/mol. The molecule has 0 atom stereocenters. The molecule has 6 heteroatoms. The minimum Gasteiger partial charge on any atom is -0.509 e. The molecule has 3 heterocycles. The number of fused-ring (bicyclic) bond motifs is 3. The number of para-hydroxylation sites is 1. The summed E-state index contributed by atoms with van der Waals surface area (Å²) < 4.78 is 8.90. The van der Waals surface area contributed by atoms with Gasteiger partial charge in [-0.05, 0) is 75.8 Å². The number of hydrogen-bond donors (Lipinski definition) is 0. The maximum atomic E-state index is 6.70. The van der Waals surface area contributed by atoms with Crippen LogP contribution in [0.1, 0.15) is 51.3 Å². The van der Waals surface area contributed by atoms with E-state index in [1.165, 1.54) is 16.7 Å². The second-order valence-corrected chi connectivity index (χ2v) is 15.9. The van der Waals surface area contributed by atoms with Gasteiger partial charge in [-0.15, -0.1) is 53.6 Å². The first-order chi connectivity index (χ1) is 27.1. The van der Waals surface area contributed by atoms with Crippen LogP contribution in [0.2, 0.25) is 0 Å². The maximum Gasteiger partial charge on any atom is 0.135 e. The molecule has 286 valence electrons. The fourth-order valence-electron chi connectivity index (χ4n) is 7.54. The second kappa shape index (κ2) is 15.2. The van der Waals surface area contributed by atoms with Gasteiger partial charge in [-0.25, -0.2) is 4.98 Å². The van der Waals surface area contributed by atoms with E-state index in [9.17, 15) is 0 Å². The van der Waals surface area contributed by atoms with Crippen LogP contribution in [0.4, 0.5) is 11.4 Å². The van der Waals surface area contributed by atoms with Crippen LogP contribution in [0.25, 0.3) is 38.8 Å². The van der Waals surface area contributed by atoms with E-state index in [-0.39, 0.29) is 31.9 Å². The Labute approximate surface area is 350 Å². The van der Waals surface area contributed by atoms with E-state index < -0.39 is 0 Å². The Morgan fingerprint density at radius 3 is 2.04 bits per heavy atom. The molecule has 0 N–H and O–H groups in total. The van der Waals surface area contributed by atoms with Crippen LogP contribution in [0.5, 0.6) is 11.5 Å². The van der Waals surface area contributed by atoms with Gasteiger partial charge in [-0.3, -0.25) is 0 Å². The molecule has 6 aromatic carbocycles. The average Bonchev–Trinajstić information content (AvgIpc) is 3.85. The molecule has 5 nitrogen and oxygen atoms in total. The van der Waals surface area contributed by atoms with Crippen LogP contribution >= 0.6 is 0 Å². The van der Waals surface area contributed by atoms with Gasteiger partial charge in [0.05, 0.1) is 0 Å². The summed E-state index contributed by atoms with van der Waals surface area (Å²) >= 11 is 0. The van der Waals surface area contributed by atoms with E-state index >= 15 is 0 Å². The van der Waals surface area contributed by atoms with E-state index in [0.29, 0.717) is 11.5 Å². The van der Waals surface area contributed by atoms with Gasteiger partial charge in [0.15, 0.2) is 0 Å². The molecular weight excluding hydrogens is 880 g/mol. The largest absolute Gasteiger partial charge is 0.509 e. The fraction of sp³-hybridized carbons (Fsp3) is 0.137. The summed E-state index contributed by atoms with van der Waals surface area (Å²) in [5.74, 6) is 2.02. The van der Waals surface area contributed by atoms with Gasteiger partial charge >= 0.3 is 0 Å². The summed E-state index contributed by atoms with van der Waals surface area (Å²) in [7, 11) is 0. The van der Waals surface area contributed by atoms with E-state index in [1.54, 1.807) is 0 Å². The summed E-state index contributed by atoms with van der Waals surface area (Å²) in [6.07, 6.45) is 6.03. The number of rotatable bonds is 8. The van der Waals surface area contributed by atoms with Crippen molar-refractivity contribution in [2.24, 2.45) is 0 Å². The Balaban J connectivity index is 0.00000455. The van der Waals surface area contributed by atoms with Crippen LogP contribution in [-0.4, -0.2) is 9.55 Å². The first-order valence-electron chi connectivity index (χ1n) is 19.1. The van der Waals surface area contributed by atoms with Crippen molar-refractivity contribution in [3.05, 3.63) is 200 Å². The minimum atomic E-state index is -0.219. The van der Waals surface area contributed by atoms with Crippen LogP contribution in [0.3, 0.4) is 0 Å². The van der Waals surface area contributed by atoms with Crippen molar-refractivity contribution in [3.63, 3.8) is 0 Å². The van der Waals surface area contributed by atoms with Crippen molar-refractivity contribution in [1.82, 2.24) is 9.55 Å². The Kier molecular flexibility index (Phi) is 10.1. The smallest absolute Gasteiger partial charge is 0.135 e. The first-order valence-corrected chi connectivity index (χ1v) is 19.1. The summed E-state index contributed by atoms with van der Waals surface area (Å²) in [4.78, 5) is 9.13. The van der Waals surface area contributed by atoms with Crippen molar-refractivity contribution < 1.29 is 25.8 Å². The standard InChI is InChI=1S/C51H43N4O.Pt/c1-50(2,3)38-20-22-41(23-21-38)53-28-29-54(35-53)42-30-37(36-14-8-6-9-15-36)31-44(33-42)56-43-24-25-46-45-18-12-13-19-47(45)55(48(46)34-43)49-32-40(26-27-52-49)51(4,5)39-16-10-7-11-17-39;/h6-32,35H,1-5H3;/q-3;. The van der Waals surface area contributed by atoms with Gasteiger partial charge in [0.1, 0.15) is 5.82 Å². The number of aromatic nitrogens is 2. The van der Waals surface area contributed by atoms with E-state index in [4.69, 9.17) is 9.72 Å². The molecule has 0 spiro atoms. The minimum absolute atomic E-state index is 0. The molecule has 8 aromatic rings. The van der Waals surface area contributed by atoms with Gasteiger partial charge in [-0.1, -0.05) is 131 Å². The molecule has 57 heavy (non-hydrogen) atoms. The molecule has 0 fully saturated rings. The van der Waals surface area contributed by atoms with Crippen LogP contribution in [0, 0.1) is 18.8 Å². The van der Waals surface area contributed by atoms with Crippen molar-refractivity contribution in [2.45, 2.75) is 45.4 Å². The molecule has 0 unspecified atom stereocenters. The number of anilines is 2. The fourth-order valence-corrected chi connectivity index (χ4v) is 7.54. The summed E-state index contributed by atoms with van der Waals surface area (Å²) in [5, 5.41) is 2.21. The van der Waals surface area contributed by atoms with Crippen molar-refractivity contribution in [1.29, 1.82) is 0 Å². The second-order valence-electron chi connectivity index (χ2n) is 15.9. The Hall–Kier alpha value is -5.90. The van der Waals surface area contributed by atoms with Crippen molar-refractivity contribution in [3.8, 4) is 28.4 Å². The number of nitrogens with zero attached hydrogens (tertiary/aromatic N) is 4. The molecule has 0 amide bonds. The normalized spacial score (nSPS) is 13.0. The van der Waals surface area contributed by atoms with Crippen molar-refractivity contribution >= 4 is 33.2 Å². The zero-order valence-electron chi connectivity index (χ0n) is 32.7. The van der Waals surface area contributed by atoms with Gasteiger partial charge in [0, 0.05) is 55.4 Å². The van der Waals surface area contributed by atoms with E-state index in [1.807, 2.05) is 24.4 Å². The van der Waals surface area contributed by atoms with E-state index in [0.717, 1.165) is 50.1 Å². The predicted octanol–water partition coefficient (Wildman–Crippen LogP) is 12.8. The zero-order valence-corrected chi connectivity index (χ0v) is 35.0. The van der Waals surface area contributed by atoms with Crippen LogP contribution < -0.4 is 14.5 Å². The average molecular weight is 923 g/mol. The number of pyridine rings is 1. The number of hydrogen-bond acceptors (Lipinski definition) is 4. The third-order valence-electron chi connectivity index (χ3n) is 10.9. The Bertz CT molecular complexity index is 2710. The molecule has 0 radical (unpaired) electrons. The van der Waals surface area contributed by atoms with Gasteiger partial charge in [0.2, 0.25) is 0 Å². The molecule has 0 bridgehead atoms. The zero-order chi connectivity index (χ0) is 38.4. The summed E-state index contributed by atoms with van der Waals surface area (Å²) in [5.41, 5.74) is 9.65. The molecule has 2 aromatic heterocycles. The molecule has 0 saturated heterocycles. The van der Waals surface area contributed by atoms with Crippen LogP contribution in [-0.2, 0) is 31.9 Å². The Morgan fingerprint density at radius 1 is 0.579 bits per heavy atom. The third kappa shape index (κ3) is 7.41. The molecule has 9 rings (SSSR count). The van der Waals surface area contributed by atoms with Gasteiger partial charge in [-0.2, -0.15) is 6.07 Å². The Morgan fingerprint density at radius 2 is 1.28 bits per heavy atom. The summed E-state index contributed by atoms with van der Waals surface area (Å²) in [6.45, 7) is 13.3. The summed E-state index contributed by atoms with van der Waals surface area (Å²) in [6, 6.07) is 58.1.